The Morgan fingerprint density at radius 1 is 1.19 bits per heavy atom. The highest BCUT2D eigenvalue weighted by molar-refractivity contribution is 8.03. The minimum Gasteiger partial charge on any atom is -0.275 e. The van der Waals surface area contributed by atoms with Crippen LogP contribution in [0.1, 0.15) is 25.7 Å². The van der Waals surface area contributed by atoms with Gasteiger partial charge in [-0.25, -0.2) is 0 Å². The second kappa shape index (κ2) is 5.34. The molecule has 4 heteroatoms. The van der Waals surface area contributed by atoms with Crippen LogP contribution in [0.15, 0.2) is 23.1 Å². The second-order valence-corrected chi connectivity index (χ2v) is 5.15. The van der Waals surface area contributed by atoms with Gasteiger partial charge in [-0.1, -0.05) is 6.08 Å². The van der Waals surface area contributed by atoms with Crippen LogP contribution in [0.2, 0.25) is 0 Å². The topological polar surface area (TPSA) is 37.4 Å². The predicted molar refractivity (Wildman–Crippen MR) is 64.9 cm³/mol. The van der Waals surface area contributed by atoms with Crippen molar-refractivity contribution in [2.24, 2.45) is 0 Å². The van der Waals surface area contributed by atoms with Crippen molar-refractivity contribution in [2.75, 3.05) is 12.3 Å². The van der Waals surface area contributed by atoms with Gasteiger partial charge < -0.3 is 0 Å². The molecule has 1 aliphatic heterocycles. The first-order chi connectivity index (χ1) is 7.77. The van der Waals surface area contributed by atoms with E-state index in [1.54, 1.807) is 0 Å². The van der Waals surface area contributed by atoms with E-state index in [4.69, 9.17) is 0 Å². The van der Waals surface area contributed by atoms with E-state index in [1.165, 1.54) is 34.8 Å². The number of rotatable bonds is 6. The summed E-state index contributed by atoms with van der Waals surface area (Å²) in [5, 5.41) is 0. The second-order valence-electron chi connectivity index (χ2n) is 3.93. The Morgan fingerprint density at radius 3 is 2.44 bits per heavy atom. The fraction of sp³-hybridized carbons (Fsp3) is 0.500. The van der Waals surface area contributed by atoms with Crippen LogP contribution >= 0.6 is 11.8 Å². The molecule has 0 spiro atoms. The van der Waals surface area contributed by atoms with Crippen molar-refractivity contribution in [2.45, 2.75) is 25.7 Å². The summed E-state index contributed by atoms with van der Waals surface area (Å²) >= 11 is 1.90. The molecular formula is C12H15NO2S. The Kier molecular flexibility index (Phi) is 3.83. The first-order valence-electron chi connectivity index (χ1n) is 5.63. The Balaban J connectivity index is 1.57. The molecule has 0 saturated heterocycles. The van der Waals surface area contributed by atoms with Crippen LogP contribution in [0.25, 0.3) is 0 Å². The van der Waals surface area contributed by atoms with Gasteiger partial charge in [-0.2, -0.15) is 0 Å². The van der Waals surface area contributed by atoms with Crippen LogP contribution in [0, 0.1) is 0 Å². The van der Waals surface area contributed by atoms with Gasteiger partial charge in [0, 0.05) is 18.7 Å². The number of carbonyl (C=O) groups excluding carboxylic acids is 2. The fourth-order valence-electron chi connectivity index (χ4n) is 1.62. The zero-order valence-corrected chi connectivity index (χ0v) is 9.96. The molecule has 0 aromatic carbocycles. The van der Waals surface area contributed by atoms with Crippen LogP contribution in [-0.2, 0) is 9.59 Å². The molecule has 1 heterocycles. The molecule has 0 unspecified atom stereocenters. The quantitative estimate of drug-likeness (QED) is 0.524. The zero-order valence-electron chi connectivity index (χ0n) is 9.15. The molecule has 1 aliphatic carbocycles. The van der Waals surface area contributed by atoms with Crippen LogP contribution in [0.3, 0.4) is 0 Å². The average molecular weight is 237 g/mol. The Labute approximate surface area is 99.6 Å². The summed E-state index contributed by atoms with van der Waals surface area (Å²) in [7, 11) is 0. The molecule has 0 aromatic heterocycles. The number of nitrogens with zero attached hydrogens (tertiary/aromatic N) is 1. The first kappa shape index (κ1) is 11.5. The summed E-state index contributed by atoms with van der Waals surface area (Å²) < 4.78 is 0. The number of amides is 2. The van der Waals surface area contributed by atoms with Crippen molar-refractivity contribution in [1.29, 1.82) is 0 Å². The van der Waals surface area contributed by atoms with Gasteiger partial charge in [-0.05, 0) is 36.3 Å². The lowest BCUT2D eigenvalue weighted by Gasteiger charge is -2.15. The fourth-order valence-corrected chi connectivity index (χ4v) is 2.73. The molecule has 86 valence electrons. The number of allylic oxidation sites excluding steroid dienone is 2. The molecule has 0 atom stereocenters. The van der Waals surface area contributed by atoms with E-state index in [0.717, 1.165) is 18.6 Å². The Hall–Kier alpha value is -1.03. The van der Waals surface area contributed by atoms with Gasteiger partial charge in [0.1, 0.15) is 0 Å². The highest BCUT2D eigenvalue weighted by atomic mass is 32.2. The van der Waals surface area contributed by atoms with Gasteiger partial charge in [-0.3, -0.25) is 14.5 Å². The van der Waals surface area contributed by atoms with E-state index in [0.29, 0.717) is 6.54 Å². The molecule has 0 radical (unpaired) electrons. The summed E-state index contributed by atoms with van der Waals surface area (Å²) in [4.78, 5) is 25.2. The summed E-state index contributed by atoms with van der Waals surface area (Å²) in [6.07, 6.45) is 9.37. The molecule has 0 aromatic rings. The van der Waals surface area contributed by atoms with Crippen molar-refractivity contribution in [1.82, 2.24) is 4.90 Å². The third-order valence-corrected chi connectivity index (χ3v) is 3.96. The maximum Gasteiger partial charge on any atom is 0.253 e. The summed E-state index contributed by atoms with van der Waals surface area (Å²) in [5.41, 5.74) is 0. The molecule has 0 bridgehead atoms. The minimum absolute atomic E-state index is 0.167. The number of unbranched alkanes of at least 4 members (excludes halogenated alkanes) is 1. The highest BCUT2D eigenvalue weighted by Gasteiger charge is 2.22. The van der Waals surface area contributed by atoms with Gasteiger partial charge in [0.2, 0.25) is 0 Å². The van der Waals surface area contributed by atoms with Crippen molar-refractivity contribution in [3.05, 3.63) is 23.1 Å². The Bertz CT molecular complexity index is 342. The maximum atomic E-state index is 11.2. The number of thioether (sulfide) groups is 1. The van der Waals surface area contributed by atoms with E-state index >= 15 is 0 Å². The van der Waals surface area contributed by atoms with Gasteiger partial charge in [0.15, 0.2) is 0 Å². The smallest absolute Gasteiger partial charge is 0.253 e. The molecule has 0 fully saturated rings. The molecule has 2 amide bonds. The van der Waals surface area contributed by atoms with Crippen LogP contribution < -0.4 is 0 Å². The average Bonchev–Trinajstić information content (AvgIpc) is 2.51. The van der Waals surface area contributed by atoms with Gasteiger partial charge in [-0.15, -0.1) is 11.8 Å². The predicted octanol–water partition coefficient (Wildman–Crippen LogP) is 2.10. The standard InChI is InChI=1S/C12H15NO2S/c14-11-6-7-12(15)13(11)8-1-2-9-16-10-4-3-5-10/h4,6-7H,1-3,5,8-9H2. The van der Waals surface area contributed by atoms with Crippen molar-refractivity contribution in [3.63, 3.8) is 0 Å². The largest absolute Gasteiger partial charge is 0.275 e. The van der Waals surface area contributed by atoms with E-state index in [-0.39, 0.29) is 11.8 Å². The van der Waals surface area contributed by atoms with E-state index < -0.39 is 0 Å². The Morgan fingerprint density at radius 2 is 1.88 bits per heavy atom. The van der Waals surface area contributed by atoms with Crippen LogP contribution in [-0.4, -0.2) is 29.0 Å². The van der Waals surface area contributed by atoms with Crippen LogP contribution in [0.4, 0.5) is 0 Å². The van der Waals surface area contributed by atoms with Crippen LogP contribution in [0.5, 0.6) is 0 Å². The number of imide groups is 1. The third-order valence-electron chi connectivity index (χ3n) is 2.73. The molecule has 2 aliphatic rings. The van der Waals surface area contributed by atoms with Gasteiger partial charge in [0.05, 0.1) is 0 Å². The summed E-state index contributed by atoms with van der Waals surface area (Å²) in [6.45, 7) is 0.560. The highest BCUT2D eigenvalue weighted by Crippen LogP contribution is 2.30. The lowest BCUT2D eigenvalue weighted by atomic mass is 10.1. The maximum absolute atomic E-state index is 11.2. The lowest BCUT2D eigenvalue weighted by molar-refractivity contribution is -0.136. The first-order valence-corrected chi connectivity index (χ1v) is 6.61. The number of hydrogen-bond acceptors (Lipinski definition) is 3. The molecule has 0 N–H and O–H groups in total. The minimum atomic E-state index is -0.167. The lowest BCUT2D eigenvalue weighted by Crippen LogP contribution is -2.30. The molecule has 0 saturated carbocycles. The third kappa shape index (κ3) is 2.76. The summed E-state index contributed by atoms with van der Waals surface area (Å²) in [5.74, 6) is 0.758. The SMILES string of the molecule is O=C1C=CC(=O)N1CCCCSC1=CCC1. The molecule has 2 rings (SSSR count). The van der Waals surface area contributed by atoms with E-state index in [9.17, 15) is 9.59 Å². The monoisotopic (exact) mass is 237 g/mol. The normalized spacial score (nSPS) is 19.0. The van der Waals surface area contributed by atoms with Gasteiger partial charge >= 0.3 is 0 Å². The number of carbonyl (C=O) groups is 2. The van der Waals surface area contributed by atoms with Crippen molar-refractivity contribution >= 4 is 23.6 Å². The van der Waals surface area contributed by atoms with Crippen molar-refractivity contribution in [3.8, 4) is 0 Å². The van der Waals surface area contributed by atoms with E-state index in [1.807, 2.05) is 11.8 Å². The molecular weight excluding hydrogens is 222 g/mol. The van der Waals surface area contributed by atoms with Gasteiger partial charge in [0.25, 0.3) is 11.8 Å². The number of hydrogen-bond donors (Lipinski definition) is 0. The molecule has 3 nitrogen and oxygen atoms in total. The van der Waals surface area contributed by atoms with Crippen molar-refractivity contribution < 1.29 is 9.59 Å². The summed E-state index contributed by atoms with van der Waals surface area (Å²) in [6, 6.07) is 0. The van der Waals surface area contributed by atoms with E-state index in [2.05, 4.69) is 6.08 Å². The molecule has 16 heavy (non-hydrogen) atoms. The zero-order chi connectivity index (χ0) is 11.4.